The molecule has 0 saturated carbocycles. The highest BCUT2D eigenvalue weighted by Crippen LogP contribution is 2.10. The molecule has 4 heteroatoms. The van der Waals surface area contributed by atoms with Gasteiger partial charge in [0.05, 0.1) is 0 Å². The molecular formula is C8H12Cl2O2. The SMILES string of the molecule is O=C(O)CCCCCC=C(Cl)Cl. The standard InChI is InChI=1S/C8H12Cl2O2/c9-7(10)5-3-1-2-4-6-8(11)12/h5H,1-4,6H2,(H,11,12). The predicted molar refractivity (Wildman–Crippen MR) is 50.5 cm³/mol. The van der Waals surface area contributed by atoms with Gasteiger partial charge in [0.2, 0.25) is 0 Å². The molecule has 2 nitrogen and oxygen atoms in total. The van der Waals surface area contributed by atoms with Gasteiger partial charge in [0, 0.05) is 6.42 Å². The zero-order valence-electron chi connectivity index (χ0n) is 6.72. The van der Waals surface area contributed by atoms with E-state index >= 15 is 0 Å². The Labute approximate surface area is 82.2 Å². The van der Waals surface area contributed by atoms with Gasteiger partial charge in [-0.1, -0.05) is 35.7 Å². The predicted octanol–water partition coefficient (Wildman–Crippen LogP) is 3.34. The molecule has 0 aromatic carbocycles. The van der Waals surface area contributed by atoms with Gasteiger partial charge in [-0.05, 0) is 19.3 Å². The first-order valence-electron chi connectivity index (χ1n) is 3.86. The Hall–Kier alpha value is -0.210. The van der Waals surface area contributed by atoms with Gasteiger partial charge < -0.3 is 5.11 Å². The molecule has 0 unspecified atom stereocenters. The molecule has 0 saturated heterocycles. The molecule has 0 rings (SSSR count). The van der Waals surface area contributed by atoms with Crippen molar-refractivity contribution in [1.82, 2.24) is 0 Å². The molecule has 0 aliphatic carbocycles. The molecule has 0 aliphatic heterocycles. The van der Waals surface area contributed by atoms with E-state index < -0.39 is 5.97 Å². The summed E-state index contributed by atoms with van der Waals surface area (Å²) in [6, 6.07) is 0. The fraction of sp³-hybridized carbons (Fsp3) is 0.625. The van der Waals surface area contributed by atoms with Crippen LogP contribution in [0.3, 0.4) is 0 Å². The molecule has 0 radical (unpaired) electrons. The van der Waals surface area contributed by atoms with E-state index in [1.165, 1.54) is 0 Å². The molecule has 0 aliphatic rings. The van der Waals surface area contributed by atoms with E-state index in [-0.39, 0.29) is 10.9 Å². The minimum atomic E-state index is -0.735. The lowest BCUT2D eigenvalue weighted by Gasteiger charge is -1.94. The lowest BCUT2D eigenvalue weighted by Crippen LogP contribution is -1.93. The smallest absolute Gasteiger partial charge is 0.303 e. The Morgan fingerprint density at radius 3 is 2.42 bits per heavy atom. The molecule has 0 amide bonds. The van der Waals surface area contributed by atoms with Crippen molar-refractivity contribution >= 4 is 29.2 Å². The maximum absolute atomic E-state index is 10.1. The Kier molecular flexibility index (Phi) is 7.31. The molecule has 0 bridgehead atoms. The summed E-state index contributed by atoms with van der Waals surface area (Å²) in [4.78, 5) is 10.1. The first kappa shape index (κ1) is 11.8. The summed E-state index contributed by atoms with van der Waals surface area (Å²) < 4.78 is 0.285. The van der Waals surface area contributed by atoms with Gasteiger partial charge in [-0.15, -0.1) is 0 Å². The third-order valence-corrected chi connectivity index (χ3v) is 1.70. The van der Waals surface area contributed by atoms with Gasteiger partial charge in [-0.3, -0.25) is 4.79 Å². The van der Waals surface area contributed by atoms with E-state index in [2.05, 4.69) is 0 Å². The average Bonchev–Trinajstić information content (AvgIpc) is 1.95. The zero-order chi connectivity index (χ0) is 9.40. The van der Waals surface area contributed by atoms with Crippen LogP contribution in [0.15, 0.2) is 10.6 Å². The molecule has 0 fully saturated rings. The Morgan fingerprint density at radius 2 is 1.92 bits per heavy atom. The number of allylic oxidation sites excluding steroid dienone is 1. The van der Waals surface area contributed by atoms with Crippen LogP contribution in [0.1, 0.15) is 32.1 Å². The maximum Gasteiger partial charge on any atom is 0.303 e. The minimum Gasteiger partial charge on any atom is -0.481 e. The van der Waals surface area contributed by atoms with Crippen molar-refractivity contribution in [2.75, 3.05) is 0 Å². The minimum absolute atomic E-state index is 0.248. The average molecular weight is 211 g/mol. The van der Waals surface area contributed by atoms with Crippen LogP contribution in [0.5, 0.6) is 0 Å². The first-order valence-corrected chi connectivity index (χ1v) is 4.61. The van der Waals surface area contributed by atoms with Crippen molar-refractivity contribution < 1.29 is 9.90 Å². The number of aliphatic carboxylic acids is 1. The van der Waals surface area contributed by atoms with Gasteiger partial charge in [0.25, 0.3) is 0 Å². The number of halogens is 2. The first-order chi connectivity index (χ1) is 5.63. The summed E-state index contributed by atoms with van der Waals surface area (Å²) >= 11 is 10.7. The summed E-state index contributed by atoms with van der Waals surface area (Å²) in [5.41, 5.74) is 0. The van der Waals surface area contributed by atoms with Gasteiger partial charge in [0.15, 0.2) is 0 Å². The third-order valence-electron chi connectivity index (χ3n) is 1.39. The number of unbranched alkanes of at least 4 members (excludes halogenated alkanes) is 3. The quantitative estimate of drug-likeness (QED) is 0.684. The van der Waals surface area contributed by atoms with Gasteiger partial charge in [-0.2, -0.15) is 0 Å². The topological polar surface area (TPSA) is 37.3 Å². The van der Waals surface area contributed by atoms with Crippen molar-refractivity contribution in [3.63, 3.8) is 0 Å². The van der Waals surface area contributed by atoms with Crippen LogP contribution in [0.2, 0.25) is 0 Å². The second-order valence-electron chi connectivity index (χ2n) is 2.49. The second kappa shape index (κ2) is 7.44. The molecule has 0 aromatic heterocycles. The normalized spacial score (nSPS) is 9.50. The third kappa shape index (κ3) is 9.79. The second-order valence-corrected chi connectivity index (χ2v) is 3.49. The Morgan fingerprint density at radius 1 is 1.25 bits per heavy atom. The number of rotatable bonds is 6. The fourth-order valence-corrected chi connectivity index (χ4v) is 1.03. The lowest BCUT2D eigenvalue weighted by molar-refractivity contribution is -0.137. The van der Waals surface area contributed by atoms with E-state index in [1.807, 2.05) is 0 Å². The number of hydrogen-bond acceptors (Lipinski definition) is 1. The fourth-order valence-electron chi connectivity index (χ4n) is 0.809. The van der Waals surface area contributed by atoms with E-state index in [0.29, 0.717) is 0 Å². The summed E-state index contributed by atoms with van der Waals surface area (Å²) in [7, 11) is 0. The van der Waals surface area contributed by atoms with Crippen LogP contribution in [0.25, 0.3) is 0 Å². The van der Waals surface area contributed by atoms with Crippen molar-refractivity contribution in [2.45, 2.75) is 32.1 Å². The number of carbonyl (C=O) groups is 1. The maximum atomic E-state index is 10.1. The van der Waals surface area contributed by atoms with E-state index in [4.69, 9.17) is 28.3 Å². The molecule has 0 aromatic rings. The molecule has 0 spiro atoms. The summed E-state index contributed by atoms with van der Waals surface area (Å²) in [6.07, 6.45) is 5.37. The van der Waals surface area contributed by atoms with Crippen molar-refractivity contribution in [1.29, 1.82) is 0 Å². The zero-order valence-corrected chi connectivity index (χ0v) is 8.24. The highest BCUT2D eigenvalue weighted by Gasteiger charge is 1.95. The van der Waals surface area contributed by atoms with E-state index in [0.717, 1.165) is 25.7 Å². The van der Waals surface area contributed by atoms with Gasteiger partial charge in [-0.25, -0.2) is 0 Å². The molecule has 1 N–H and O–H groups in total. The van der Waals surface area contributed by atoms with Crippen LogP contribution in [-0.4, -0.2) is 11.1 Å². The number of hydrogen-bond donors (Lipinski definition) is 1. The Balaban J connectivity index is 3.11. The van der Waals surface area contributed by atoms with Crippen LogP contribution in [0, 0.1) is 0 Å². The molecule has 0 atom stereocenters. The molecule has 70 valence electrons. The highest BCUT2D eigenvalue weighted by atomic mass is 35.5. The summed E-state index contributed by atoms with van der Waals surface area (Å²) in [5.74, 6) is -0.735. The molecule has 12 heavy (non-hydrogen) atoms. The number of carboxylic acids is 1. The highest BCUT2D eigenvalue weighted by molar-refractivity contribution is 6.55. The van der Waals surface area contributed by atoms with Crippen LogP contribution in [-0.2, 0) is 4.79 Å². The van der Waals surface area contributed by atoms with E-state index in [1.54, 1.807) is 6.08 Å². The largest absolute Gasteiger partial charge is 0.481 e. The summed E-state index contributed by atoms with van der Waals surface area (Å²) in [6.45, 7) is 0. The number of carboxylic acid groups (broad SMARTS) is 1. The van der Waals surface area contributed by atoms with Crippen molar-refractivity contribution in [3.8, 4) is 0 Å². The molecule has 0 heterocycles. The van der Waals surface area contributed by atoms with Crippen LogP contribution >= 0.6 is 23.2 Å². The monoisotopic (exact) mass is 210 g/mol. The van der Waals surface area contributed by atoms with Crippen molar-refractivity contribution in [3.05, 3.63) is 10.6 Å². The Bertz CT molecular complexity index is 162. The molecular weight excluding hydrogens is 199 g/mol. The van der Waals surface area contributed by atoms with Crippen LogP contribution < -0.4 is 0 Å². The van der Waals surface area contributed by atoms with Gasteiger partial charge >= 0.3 is 5.97 Å². The lowest BCUT2D eigenvalue weighted by atomic mass is 10.1. The van der Waals surface area contributed by atoms with Crippen molar-refractivity contribution in [2.24, 2.45) is 0 Å². The van der Waals surface area contributed by atoms with Crippen LogP contribution in [0.4, 0.5) is 0 Å². The van der Waals surface area contributed by atoms with Gasteiger partial charge in [0.1, 0.15) is 4.49 Å². The summed E-state index contributed by atoms with van der Waals surface area (Å²) in [5, 5.41) is 8.30. The van der Waals surface area contributed by atoms with E-state index in [9.17, 15) is 4.79 Å².